The lowest BCUT2D eigenvalue weighted by molar-refractivity contribution is 0.102. The average Bonchev–Trinajstić information content (AvgIpc) is 2.35. The summed E-state index contributed by atoms with van der Waals surface area (Å²) in [4.78, 5) is 19.3. The molecule has 0 bridgehead atoms. The van der Waals surface area contributed by atoms with Crippen molar-refractivity contribution in [2.24, 2.45) is 0 Å². The van der Waals surface area contributed by atoms with Crippen molar-refractivity contribution in [3.63, 3.8) is 0 Å². The standard InChI is InChI=1S/C11H7Cl2N3O/c12-9-2-1-8(3-10(9)13)16-11(17)7-4-14-6-15-5-7/h1-6H,(H,16,17). The van der Waals surface area contributed by atoms with E-state index in [0.717, 1.165) is 0 Å². The number of hydrogen-bond acceptors (Lipinski definition) is 3. The first-order valence-electron chi connectivity index (χ1n) is 4.68. The Bertz CT molecular complexity index is 546. The molecule has 1 N–H and O–H groups in total. The van der Waals surface area contributed by atoms with Gasteiger partial charge in [0.15, 0.2) is 0 Å². The molecule has 4 nitrogen and oxygen atoms in total. The molecule has 0 aliphatic carbocycles. The number of aromatic nitrogens is 2. The molecule has 0 fully saturated rings. The quantitative estimate of drug-likeness (QED) is 0.910. The average molecular weight is 268 g/mol. The fourth-order valence-electron chi connectivity index (χ4n) is 1.19. The molecule has 1 heterocycles. The summed E-state index contributed by atoms with van der Waals surface area (Å²) in [6, 6.07) is 4.85. The summed E-state index contributed by atoms with van der Waals surface area (Å²) >= 11 is 11.6. The minimum atomic E-state index is -0.302. The van der Waals surface area contributed by atoms with E-state index in [-0.39, 0.29) is 5.91 Å². The molecular weight excluding hydrogens is 261 g/mol. The molecule has 0 saturated carbocycles. The molecular formula is C11H7Cl2N3O. The molecule has 0 atom stereocenters. The van der Waals surface area contributed by atoms with Crippen LogP contribution in [0.2, 0.25) is 10.0 Å². The van der Waals surface area contributed by atoms with Crippen molar-refractivity contribution in [3.05, 3.63) is 52.5 Å². The third-order valence-corrected chi connectivity index (χ3v) is 2.74. The molecule has 1 aromatic carbocycles. The van der Waals surface area contributed by atoms with Crippen LogP contribution in [0.15, 0.2) is 36.9 Å². The first kappa shape index (κ1) is 11.8. The lowest BCUT2D eigenvalue weighted by Crippen LogP contribution is -2.12. The second kappa shape index (κ2) is 5.12. The van der Waals surface area contributed by atoms with Crippen LogP contribution in [-0.4, -0.2) is 15.9 Å². The van der Waals surface area contributed by atoms with E-state index >= 15 is 0 Å². The Morgan fingerprint density at radius 2 is 1.82 bits per heavy atom. The van der Waals surface area contributed by atoms with Crippen LogP contribution in [-0.2, 0) is 0 Å². The summed E-state index contributed by atoms with van der Waals surface area (Å²) < 4.78 is 0. The number of benzene rings is 1. The Morgan fingerprint density at radius 1 is 1.12 bits per heavy atom. The molecule has 0 aliphatic heterocycles. The highest BCUT2D eigenvalue weighted by atomic mass is 35.5. The third-order valence-electron chi connectivity index (χ3n) is 2.00. The van der Waals surface area contributed by atoms with E-state index in [1.54, 1.807) is 18.2 Å². The van der Waals surface area contributed by atoms with E-state index in [1.807, 2.05) is 0 Å². The SMILES string of the molecule is O=C(Nc1ccc(Cl)c(Cl)c1)c1cncnc1. The van der Waals surface area contributed by atoms with Crippen LogP contribution in [0.4, 0.5) is 5.69 Å². The normalized spacial score (nSPS) is 10.0. The predicted molar refractivity (Wildman–Crippen MR) is 66.4 cm³/mol. The van der Waals surface area contributed by atoms with Gasteiger partial charge in [-0.05, 0) is 18.2 Å². The topological polar surface area (TPSA) is 54.9 Å². The van der Waals surface area contributed by atoms with Crippen LogP contribution < -0.4 is 5.32 Å². The second-order valence-electron chi connectivity index (χ2n) is 3.21. The molecule has 0 unspecified atom stereocenters. The van der Waals surface area contributed by atoms with Crippen LogP contribution >= 0.6 is 23.2 Å². The number of rotatable bonds is 2. The Kier molecular flexibility index (Phi) is 3.56. The van der Waals surface area contributed by atoms with Crippen LogP contribution in [0.25, 0.3) is 0 Å². The number of carbonyl (C=O) groups is 1. The first-order chi connectivity index (χ1) is 8.16. The minimum Gasteiger partial charge on any atom is -0.322 e. The highest BCUT2D eigenvalue weighted by Crippen LogP contribution is 2.25. The van der Waals surface area contributed by atoms with Gasteiger partial charge in [0.1, 0.15) is 6.33 Å². The molecule has 0 saturated heterocycles. The van der Waals surface area contributed by atoms with Gasteiger partial charge in [-0.15, -0.1) is 0 Å². The molecule has 0 radical (unpaired) electrons. The van der Waals surface area contributed by atoms with Gasteiger partial charge in [-0.1, -0.05) is 23.2 Å². The van der Waals surface area contributed by atoms with E-state index < -0.39 is 0 Å². The molecule has 6 heteroatoms. The highest BCUT2D eigenvalue weighted by molar-refractivity contribution is 6.42. The second-order valence-corrected chi connectivity index (χ2v) is 4.02. The maximum Gasteiger partial charge on any atom is 0.258 e. The molecule has 0 spiro atoms. The van der Waals surface area contributed by atoms with Crippen molar-refractivity contribution >= 4 is 34.8 Å². The molecule has 17 heavy (non-hydrogen) atoms. The molecule has 2 rings (SSSR count). The van der Waals surface area contributed by atoms with Crippen molar-refractivity contribution < 1.29 is 4.79 Å². The van der Waals surface area contributed by atoms with Gasteiger partial charge >= 0.3 is 0 Å². The van der Waals surface area contributed by atoms with Crippen molar-refractivity contribution in [1.82, 2.24) is 9.97 Å². The van der Waals surface area contributed by atoms with Crippen molar-refractivity contribution in [2.75, 3.05) is 5.32 Å². The minimum absolute atomic E-state index is 0.302. The van der Waals surface area contributed by atoms with Gasteiger partial charge in [-0.2, -0.15) is 0 Å². The Balaban J connectivity index is 2.16. The maximum atomic E-state index is 11.7. The Morgan fingerprint density at radius 3 is 2.47 bits per heavy atom. The molecule has 1 aromatic heterocycles. The van der Waals surface area contributed by atoms with Gasteiger partial charge in [0.2, 0.25) is 0 Å². The smallest absolute Gasteiger partial charge is 0.258 e. The summed E-state index contributed by atoms with van der Waals surface area (Å²) in [6.45, 7) is 0. The fraction of sp³-hybridized carbons (Fsp3) is 0. The fourth-order valence-corrected chi connectivity index (χ4v) is 1.49. The first-order valence-corrected chi connectivity index (χ1v) is 5.44. The van der Waals surface area contributed by atoms with Gasteiger partial charge in [-0.25, -0.2) is 9.97 Å². The summed E-state index contributed by atoms with van der Waals surface area (Å²) in [5.74, 6) is -0.302. The zero-order chi connectivity index (χ0) is 12.3. The summed E-state index contributed by atoms with van der Waals surface area (Å²) in [5, 5.41) is 3.49. The number of hydrogen-bond donors (Lipinski definition) is 1. The number of anilines is 1. The van der Waals surface area contributed by atoms with Gasteiger partial charge in [0.25, 0.3) is 5.91 Å². The van der Waals surface area contributed by atoms with Gasteiger partial charge in [0.05, 0.1) is 15.6 Å². The van der Waals surface area contributed by atoms with E-state index in [2.05, 4.69) is 15.3 Å². The maximum absolute atomic E-state index is 11.7. The molecule has 0 aliphatic rings. The lowest BCUT2D eigenvalue weighted by Gasteiger charge is -2.05. The van der Waals surface area contributed by atoms with Crippen LogP contribution in [0.3, 0.4) is 0 Å². The number of nitrogens with zero attached hydrogens (tertiary/aromatic N) is 2. The van der Waals surface area contributed by atoms with Crippen molar-refractivity contribution in [3.8, 4) is 0 Å². The van der Waals surface area contributed by atoms with Crippen molar-refractivity contribution in [1.29, 1.82) is 0 Å². The Labute approximate surface area is 108 Å². The van der Waals surface area contributed by atoms with E-state index in [9.17, 15) is 4.79 Å². The number of halogens is 2. The highest BCUT2D eigenvalue weighted by Gasteiger charge is 2.07. The molecule has 2 aromatic rings. The zero-order valence-electron chi connectivity index (χ0n) is 8.52. The summed E-state index contributed by atoms with van der Waals surface area (Å²) in [6.07, 6.45) is 4.22. The predicted octanol–water partition coefficient (Wildman–Crippen LogP) is 3.04. The van der Waals surface area contributed by atoms with Gasteiger partial charge in [0, 0.05) is 18.1 Å². The van der Waals surface area contributed by atoms with Crippen molar-refractivity contribution in [2.45, 2.75) is 0 Å². The van der Waals surface area contributed by atoms with E-state index in [4.69, 9.17) is 23.2 Å². The lowest BCUT2D eigenvalue weighted by atomic mass is 10.3. The number of carbonyl (C=O) groups excluding carboxylic acids is 1. The van der Waals surface area contributed by atoms with Gasteiger partial charge in [-0.3, -0.25) is 4.79 Å². The number of amides is 1. The molecule has 86 valence electrons. The van der Waals surface area contributed by atoms with E-state index in [0.29, 0.717) is 21.3 Å². The monoisotopic (exact) mass is 267 g/mol. The van der Waals surface area contributed by atoms with Crippen LogP contribution in [0, 0.1) is 0 Å². The van der Waals surface area contributed by atoms with Crippen LogP contribution in [0.1, 0.15) is 10.4 Å². The number of nitrogens with one attached hydrogen (secondary N) is 1. The third kappa shape index (κ3) is 2.93. The Hall–Kier alpha value is -1.65. The largest absolute Gasteiger partial charge is 0.322 e. The summed E-state index contributed by atoms with van der Waals surface area (Å²) in [7, 11) is 0. The molecule has 1 amide bonds. The zero-order valence-corrected chi connectivity index (χ0v) is 10.0. The van der Waals surface area contributed by atoms with E-state index in [1.165, 1.54) is 18.7 Å². The summed E-state index contributed by atoms with van der Waals surface area (Å²) in [5.41, 5.74) is 0.937. The van der Waals surface area contributed by atoms with Crippen LogP contribution in [0.5, 0.6) is 0 Å². The van der Waals surface area contributed by atoms with Gasteiger partial charge < -0.3 is 5.32 Å².